The van der Waals surface area contributed by atoms with Crippen molar-refractivity contribution in [3.8, 4) is 12.3 Å². The average Bonchev–Trinajstić information content (AvgIpc) is 1.83. The van der Waals surface area contributed by atoms with Crippen molar-refractivity contribution in [2.75, 3.05) is 6.54 Å². The van der Waals surface area contributed by atoms with E-state index in [-0.39, 0.29) is 6.04 Å². The molecule has 1 unspecified atom stereocenters. The lowest BCUT2D eigenvalue weighted by atomic mass is 10.3. The van der Waals surface area contributed by atoms with Gasteiger partial charge in [0.25, 0.3) is 0 Å². The second-order valence-electron chi connectivity index (χ2n) is 1.36. The van der Waals surface area contributed by atoms with E-state index in [1.165, 1.54) is 0 Å². The standard InChI is InChI=1S/C6H10N2/c1-2-6(8)4-3-5-7/h1,3-4,6H,5,7-8H2. The molecule has 0 spiro atoms. The van der Waals surface area contributed by atoms with Crippen molar-refractivity contribution in [1.82, 2.24) is 0 Å². The molecule has 0 saturated carbocycles. The second-order valence-corrected chi connectivity index (χ2v) is 1.36. The van der Waals surface area contributed by atoms with Gasteiger partial charge in [-0.15, -0.1) is 6.42 Å². The van der Waals surface area contributed by atoms with Crippen LogP contribution < -0.4 is 11.5 Å². The maximum atomic E-state index is 5.28. The third kappa shape index (κ3) is 3.41. The first kappa shape index (κ1) is 7.22. The van der Waals surface area contributed by atoms with Gasteiger partial charge in [0.05, 0.1) is 6.04 Å². The van der Waals surface area contributed by atoms with Crippen molar-refractivity contribution in [2.24, 2.45) is 11.5 Å². The van der Waals surface area contributed by atoms with Gasteiger partial charge in [-0.1, -0.05) is 18.1 Å². The predicted octanol–water partition coefficient (Wildman–Crippen LogP) is -0.538. The topological polar surface area (TPSA) is 52.0 Å². The lowest BCUT2D eigenvalue weighted by Gasteiger charge is -1.90. The maximum Gasteiger partial charge on any atom is 0.0848 e. The van der Waals surface area contributed by atoms with Gasteiger partial charge >= 0.3 is 0 Å². The average molecular weight is 110 g/mol. The highest BCUT2D eigenvalue weighted by atomic mass is 14.6. The number of hydrogen-bond acceptors (Lipinski definition) is 2. The lowest BCUT2D eigenvalue weighted by Crippen LogP contribution is -2.13. The van der Waals surface area contributed by atoms with Gasteiger partial charge in [-0.3, -0.25) is 0 Å². The van der Waals surface area contributed by atoms with Crippen LogP contribution >= 0.6 is 0 Å². The van der Waals surface area contributed by atoms with Crippen LogP contribution in [0.1, 0.15) is 0 Å². The molecule has 0 aliphatic heterocycles. The van der Waals surface area contributed by atoms with Crippen molar-refractivity contribution < 1.29 is 0 Å². The van der Waals surface area contributed by atoms with E-state index in [0.29, 0.717) is 6.54 Å². The first-order valence-electron chi connectivity index (χ1n) is 2.39. The Labute approximate surface area is 49.6 Å². The Morgan fingerprint density at radius 1 is 1.75 bits per heavy atom. The summed E-state index contributed by atoms with van der Waals surface area (Å²) < 4.78 is 0. The molecule has 1 atom stereocenters. The van der Waals surface area contributed by atoms with Gasteiger partial charge in [-0.25, -0.2) is 0 Å². The van der Waals surface area contributed by atoms with Gasteiger partial charge in [0, 0.05) is 6.54 Å². The van der Waals surface area contributed by atoms with E-state index < -0.39 is 0 Å². The normalized spacial score (nSPS) is 13.6. The molecule has 0 aromatic rings. The molecule has 2 nitrogen and oxygen atoms in total. The second kappa shape index (κ2) is 4.38. The molecule has 0 rings (SSSR count). The minimum atomic E-state index is -0.279. The summed E-state index contributed by atoms with van der Waals surface area (Å²) in [5, 5.41) is 0. The van der Waals surface area contributed by atoms with E-state index in [4.69, 9.17) is 17.9 Å². The zero-order valence-electron chi connectivity index (χ0n) is 4.67. The van der Waals surface area contributed by atoms with Crippen LogP contribution in [-0.4, -0.2) is 12.6 Å². The summed E-state index contributed by atoms with van der Waals surface area (Å²) >= 11 is 0. The number of rotatable bonds is 2. The van der Waals surface area contributed by atoms with Crippen molar-refractivity contribution in [2.45, 2.75) is 6.04 Å². The quantitative estimate of drug-likeness (QED) is 0.370. The molecule has 0 heterocycles. The Morgan fingerprint density at radius 2 is 2.38 bits per heavy atom. The molecule has 0 amide bonds. The van der Waals surface area contributed by atoms with E-state index in [9.17, 15) is 0 Å². The molecule has 0 bridgehead atoms. The molecule has 0 aromatic heterocycles. The lowest BCUT2D eigenvalue weighted by molar-refractivity contribution is 1.05. The van der Waals surface area contributed by atoms with Crippen LogP contribution in [0.4, 0.5) is 0 Å². The van der Waals surface area contributed by atoms with Crippen molar-refractivity contribution >= 4 is 0 Å². The van der Waals surface area contributed by atoms with E-state index in [0.717, 1.165) is 0 Å². The summed E-state index contributed by atoms with van der Waals surface area (Å²) in [5.74, 6) is 2.34. The van der Waals surface area contributed by atoms with Crippen LogP contribution in [0.2, 0.25) is 0 Å². The Kier molecular flexibility index (Phi) is 3.95. The molecule has 0 fully saturated rings. The number of terminal acetylenes is 1. The minimum absolute atomic E-state index is 0.279. The van der Waals surface area contributed by atoms with Crippen LogP contribution in [0, 0.1) is 12.3 Å². The molecule has 0 aliphatic carbocycles. The fourth-order valence-corrected chi connectivity index (χ4v) is 0.281. The summed E-state index contributed by atoms with van der Waals surface area (Å²) in [6.45, 7) is 0.495. The summed E-state index contributed by atoms with van der Waals surface area (Å²) in [7, 11) is 0. The largest absolute Gasteiger partial charge is 0.327 e. The first-order chi connectivity index (χ1) is 3.81. The SMILES string of the molecule is C#CC(N)C=CCN. The van der Waals surface area contributed by atoms with Crippen LogP contribution in [0.25, 0.3) is 0 Å². The van der Waals surface area contributed by atoms with E-state index in [1.807, 2.05) is 0 Å². The van der Waals surface area contributed by atoms with Gasteiger partial charge in [0.15, 0.2) is 0 Å². The highest BCUT2D eigenvalue weighted by Crippen LogP contribution is 1.75. The summed E-state index contributed by atoms with van der Waals surface area (Å²) in [4.78, 5) is 0. The predicted molar refractivity (Wildman–Crippen MR) is 35.0 cm³/mol. The van der Waals surface area contributed by atoms with E-state index >= 15 is 0 Å². The highest BCUT2D eigenvalue weighted by Gasteiger charge is 1.82. The molecular formula is C6H10N2. The van der Waals surface area contributed by atoms with Crippen LogP contribution in [0.5, 0.6) is 0 Å². The molecular weight excluding hydrogens is 100 g/mol. The Morgan fingerprint density at radius 3 is 2.75 bits per heavy atom. The van der Waals surface area contributed by atoms with Gasteiger partial charge < -0.3 is 11.5 Å². The third-order valence-corrected chi connectivity index (χ3v) is 0.672. The fraction of sp³-hybridized carbons (Fsp3) is 0.333. The van der Waals surface area contributed by atoms with E-state index in [2.05, 4.69) is 5.92 Å². The summed E-state index contributed by atoms with van der Waals surface area (Å²) in [6.07, 6.45) is 8.38. The Hall–Kier alpha value is -0.780. The maximum absolute atomic E-state index is 5.28. The van der Waals surface area contributed by atoms with Crippen LogP contribution in [0.15, 0.2) is 12.2 Å². The Bertz CT molecular complexity index is 110. The van der Waals surface area contributed by atoms with Crippen LogP contribution in [0.3, 0.4) is 0 Å². The van der Waals surface area contributed by atoms with E-state index in [1.54, 1.807) is 12.2 Å². The van der Waals surface area contributed by atoms with Gasteiger partial charge in [0.1, 0.15) is 0 Å². The summed E-state index contributed by atoms with van der Waals surface area (Å²) in [5.41, 5.74) is 10.4. The van der Waals surface area contributed by atoms with Crippen molar-refractivity contribution in [3.05, 3.63) is 12.2 Å². The fourth-order valence-electron chi connectivity index (χ4n) is 0.281. The monoisotopic (exact) mass is 110 g/mol. The molecule has 0 aliphatic rings. The number of hydrogen-bond donors (Lipinski definition) is 2. The third-order valence-electron chi connectivity index (χ3n) is 0.672. The molecule has 2 heteroatoms. The van der Waals surface area contributed by atoms with Crippen LogP contribution in [-0.2, 0) is 0 Å². The molecule has 8 heavy (non-hydrogen) atoms. The summed E-state index contributed by atoms with van der Waals surface area (Å²) in [6, 6.07) is -0.279. The molecule has 0 saturated heterocycles. The highest BCUT2D eigenvalue weighted by molar-refractivity contribution is 5.09. The molecule has 4 N–H and O–H groups in total. The minimum Gasteiger partial charge on any atom is -0.327 e. The number of nitrogens with two attached hydrogens (primary N) is 2. The first-order valence-corrected chi connectivity index (χ1v) is 2.39. The smallest absolute Gasteiger partial charge is 0.0848 e. The molecule has 0 radical (unpaired) electrons. The van der Waals surface area contributed by atoms with Gasteiger partial charge in [-0.2, -0.15) is 0 Å². The zero-order valence-corrected chi connectivity index (χ0v) is 4.67. The molecule has 44 valence electrons. The van der Waals surface area contributed by atoms with Crippen molar-refractivity contribution in [3.63, 3.8) is 0 Å². The van der Waals surface area contributed by atoms with Gasteiger partial charge in [-0.05, 0) is 0 Å². The van der Waals surface area contributed by atoms with Gasteiger partial charge in [0.2, 0.25) is 0 Å². The molecule has 0 aromatic carbocycles. The van der Waals surface area contributed by atoms with Crippen molar-refractivity contribution in [1.29, 1.82) is 0 Å². The Balaban J connectivity index is 3.40. The zero-order chi connectivity index (χ0) is 6.41.